The van der Waals surface area contributed by atoms with E-state index in [2.05, 4.69) is 0 Å². The number of hydrogen-bond donors (Lipinski definition) is 1. The van der Waals surface area contributed by atoms with Crippen LogP contribution in [0.25, 0.3) is 0 Å². The maximum Gasteiger partial charge on any atom is 0.218 e. The van der Waals surface area contributed by atoms with Gasteiger partial charge in [0.2, 0.25) is 10.0 Å². The van der Waals surface area contributed by atoms with E-state index in [0.717, 1.165) is 24.8 Å². The van der Waals surface area contributed by atoms with Crippen molar-refractivity contribution in [1.82, 2.24) is 4.31 Å². The number of sulfonamides is 1. The summed E-state index contributed by atoms with van der Waals surface area (Å²) >= 11 is 0. The molecular formula is C14H22N2O2S. The number of hydrogen-bond acceptors (Lipinski definition) is 3. The number of benzene rings is 1. The zero-order valence-corrected chi connectivity index (χ0v) is 12.0. The Hall–Kier alpha value is -0.910. The summed E-state index contributed by atoms with van der Waals surface area (Å²) in [6, 6.07) is 9.36. The van der Waals surface area contributed by atoms with Crippen LogP contribution >= 0.6 is 0 Å². The minimum atomic E-state index is -3.17. The van der Waals surface area contributed by atoms with E-state index >= 15 is 0 Å². The average Bonchev–Trinajstić information content (AvgIpc) is 2.40. The Morgan fingerprint density at radius 2 is 1.79 bits per heavy atom. The predicted octanol–water partition coefficient (Wildman–Crippen LogP) is 1.58. The van der Waals surface area contributed by atoms with E-state index in [9.17, 15) is 8.42 Å². The van der Waals surface area contributed by atoms with E-state index in [1.165, 1.54) is 0 Å². The van der Waals surface area contributed by atoms with Crippen molar-refractivity contribution in [3.05, 3.63) is 35.9 Å². The summed E-state index contributed by atoms with van der Waals surface area (Å²) in [7, 11) is -3.17. The summed E-state index contributed by atoms with van der Waals surface area (Å²) in [4.78, 5) is 0. The molecule has 0 spiro atoms. The summed E-state index contributed by atoms with van der Waals surface area (Å²) in [6.07, 6.45) is 2.88. The van der Waals surface area contributed by atoms with Crippen LogP contribution in [0.5, 0.6) is 0 Å². The molecule has 0 radical (unpaired) electrons. The van der Waals surface area contributed by atoms with E-state index in [4.69, 9.17) is 5.73 Å². The van der Waals surface area contributed by atoms with Gasteiger partial charge >= 0.3 is 0 Å². The van der Waals surface area contributed by atoms with Gasteiger partial charge in [-0.05, 0) is 37.3 Å². The largest absolute Gasteiger partial charge is 0.330 e. The third kappa shape index (κ3) is 4.03. The van der Waals surface area contributed by atoms with Crippen molar-refractivity contribution in [3.63, 3.8) is 0 Å². The molecule has 106 valence electrons. The van der Waals surface area contributed by atoms with Crippen molar-refractivity contribution in [2.24, 2.45) is 11.7 Å². The van der Waals surface area contributed by atoms with Crippen LogP contribution in [-0.2, 0) is 15.8 Å². The topological polar surface area (TPSA) is 63.4 Å². The molecule has 0 unspecified atom stereocenters. The van der Waals surface area contributed by atoms with E-state index in [0.29, 0.717) is 25.6 Å². The highest BCUT2D eigenvalue weighted by Crippen LogP contribution is 2.23. The zero-order chi connectivity index (χ0) is 13.7. The first-order valence-electron chi connectivity index (χ1n) is 6.83. The fourth-order valence-electron chi connectivity index (χ4n) is 2.59. The molecule has 0 atom stereocenters. The molecule has 5 heteroatoms. The minimum absolute atomic E-state index is 0.107. The molecule has 19 heavy (non-hydrogen) atoms. The lowest BCUT2D eigenvalue weighted by molar-refractivity contribution is 0.265. The first-order chi connectivity index (χ1) is 9.12. The van der Waals surface area contributed by atoms with Gasteiger partial charge in [0.05, 0.1) is 5.75 Å². The maximum absolute atomic E-state index is 12.3. The fraction of sp³-hybridized carbons (Fsp3) is 0.571. The van der Waals surface area contributed by atoms with Crippen molar-refractivity contribution in [2.45, 2.75) is 25.0 Å². The van der Waals surface area contributed by atoms with E-state index in [1.54, 1.807) is 4.31 Å². The molecule has 1 fully saturated rings. The van der Waals surface area contributed by atoms with E-state index < -0.39 is 10.0 Å². The molecule has 2 N–H and O–H groups in total. The lowest BCUT2D eigenvalue weighted by Gasteiger charge is -2.31. The molecule has 0 bridgehead atoms. The van der Waals surface area contributed by atoms with Crippen molar-refractivity contribution in [3.8, 4) is 0 Å². The SMILES string of the molecule is NCCC1CCN(S(=O)(=O)Cc2ccccc2)CC1. The first kappa shape index (κ1) is 14.5. The second-order valence-electron chi connectivity index (χ2n) is 5.16. The molecule has 4 nitrogen and oxygen atoms in total. The highest BCUT2D eigenvalue weighted by molar-refractivity contribution is 7.88. The smallest absolute Gasteiger partial charge is 0.218 e. The van der Waals surface area contributed by atoms with Crippen molar-refractivity contribution in [2.75, 3.05) is 19.6 Å². The van der Waals surface area contributed by atoms with Crippen molar-refractivity contribution >= 4 is 10.0 Å². The van der Waals surface area contributed by atoms with Crippen LogP contribution in [0.1, 0.15) is 24.8 Å². The Morgan fingerprint density at radius 3 is 2.37 bits per heavy atom. The van der Waals surface area contributed by atoms with Gasteiger partial charge in [0.25, 0.3) is 0 Å². The molecule has 1 aliphatic rings. The molecule has 1 aliphatic heterocycles. The molecular weight excluding hydrogens is 260 g/mol. The summed E-state index contributed by atoms with van der Waals surface area (Å²) < 4.78 is 26.3. The Balaban J connectivity index is 1.94. The quantitative estimate of drug-likeness (QED) is 0.891. The van der Waals surface area contributed by atoms with Gasteiger partial charge in [-0.2, -0.15) is 0 Å². The predicted molar refractivity (Wildman–Crippen MR) is 77.0 cm³/mol. The average molecular weight is 282 g/mol. The monoisotopic (exact) mass is 282 g/mol. The van der Waals surface area contributed by atoms with Gasteiger partial charge in [-0.3, -0.25) is 0 Å². The molecule has 2 rings (SSSR count). The highest BCUT2D eigenvalue weighted by atomic mass is 32.2. The molecule has 1 aromatic rings. The number of piperidine rings is 1. The molecule has 1 saturated heterocycles. The Labute approximate surface area is 115 Å². The van der Waals surface area contributed by atoms with Gasteiger partial charge in [0, 0.05) is 13.1 Å². The standard InChI is InChI=1S/C14H22N2O2S/c15-9-6-13-7-10-16(11-8-13)19(17,18)12-14-4-2-1-3-5-14/h1-5,13H,6-12,15H2. The summed E-state index contributed by atoms with van der Waals surface area (Å²) in [5, 5.41) is 0. The van der Waals surface area contributed by atoms with Gasteiger partial charge in [-0.15, -0.1) is 0 Å². The third-order valence-electron chi connectivity index (χ3n) is 3.73. The van der Waals surface area contributed by atoms with Gasteiger partial charge < -0.3 is 5.73 Å². The Kier molecular flexibility index (Phi) is 4.96. The lowest BCUT2D eigenvalue weighted by atomic mass is 9.95. The summed E-state index contributed by atoms with van der Waals surface area (Å²) in [5.41, 5.74) is 6.40. The van der Waals surface area contributed by atoms with Crippen LogP contribution in [0.3, 0.4) is 0 Å². The van der Waals surface area contributed by atoms with E-state index in [1.807, 2.05) is 30.3 Å². The molecule has 1 heterocycles. The highest BCUT2D eigenvalue weighted by Gasteiger charge is 2.27. The molecule has 0 aromatic heterocycles. The van der Waals surface area contributed by atoms with Crippen LogP contribution in [0.15, 0.2) is 30.3 Å². The molecule has 1 aromatic carbocycles. The number of nitrogens with zero attached hydrogens (tertiary/aromatic N) is 1. The second kappa shape index (κ2) is 6.50. The molecule has 0 aliphatic carbocycles. The normalized spacial score (nSPS) is 18.6. The van der Waals surface area contributed by atoms with Crippen LogP contribution < -0.4 is 5.73 Å². The Morgan fingerprint density at radius 1 is 1.16 bits per heavy atom. The van der Waals surface area contributed by atoms with Crippen LogP contribution in [0.4, 0.5) is 0 Å². The van der Waals surface area contributed by atoms with E-state index in [-0.39, 0.29) is 5.75 Å². The maximum atomic E-state index is 12.3. The lowest BCUT2D eigenvalue weighted by Crippen LogP contribution is -2.39. The zero-order valence-electron chi connectivity index (χ0n) is 11.2. The summed E-state index contributed by atoms with van der Waals surface area (Å²) in [5.74, 6) is 0.697. The van der Waals surface area contributed by atoms with Gasteiger partial charge in [-0.1, -0.05) is 30.3 Å². The van der Waals surface area contributed by atoms with Gasteiger partial charge in [-0.25, -0.2) is 12.7 Å². The molecule has 0 saturated carbocycles. The fourth-order valence-corrected chi connectivity index (χ4v) is 4.15. The number of rotatable bonds is 5. The third-order valence-corrected chi connectivity index (χ3v) is 5.58. The van der Waals surface area contributed by atoms with Crippen LogP contribution in [0.2, 0.25) is 0 Å². The first-order valence-corrected chi connectivity index (χ1v) is 8.44. The minimum Gasteiger partial charge on any atom is -0.330 e. The van der Waals surface area contributed by atoms with Crippen LogP contribution in [-0.4, -0.2) is 32.4 Å². The van der Waals surface area contributed by atoms with Gasteiger partial charge in [0.15, 0.2) is 0 Å². The molecule has 0 amide bonds. The van der Waals surface area contributed by atoms with Crippen LogP contribution in [0, 0.1) is 5.92 Å². The summed E-state index contributed by atoms with van der Waals surface area (Å²) in [6.45, 7) is 1.97. The van der Waals surface area contributed by atoms with Crippen molar-refractivity contribution < 1.29 is 8.42 Å². The Bertz CT molecular complexity index is 479. The second-order valence-corrected chi connectivity index (χ2v) is 7.13. The van der Waals surface area contributed by atoms with Gasteiger partial charge in [0.1, 0.15) is 0 Å². The number of nitrogens with two attached hydrogens (primary N) is 1. The van der Waals surface area contributed by atoms with Crippen molar-refractivity contribution in [1.29, 1.82) is 0 Å².